The van der Waals surface area contributed by atoms with Crippen LogP contribution in [0.5, 0.6) is 0 Å². The Hall–Kier alpha value is -10.1. The van der Waals surface area contributed by atoms with E-state index < -0.39 is 0 Å². The first-order chi connectivity index (χ1) is 57.9. The molecule has 0 saturated heterocycles. The average molecular weight is 1540 g/mol. The van der Waals surface area contributed by atoms with E-state index >= 15 is 0 Å². The molecule has 0 fully saturated rings. The molecule has 2 aliphatic rings. The highest BCUT2D eigenvalue weighted by molar-refractivity contribution is 6.01. The maximum absolute atomic E-state index is 5.70. The van der Waals surface area contributed by atoms with Crippen molar-refractivity contribution in [1.29, 1.82) is 0 Å². The second kappa shape index (κ2) is 40.8. The van der Waals surface area contributed by atoms with Crippen molar-refractivity contribution >= 4 is 57.1 Å². The Morgan fingerprint density at radius 1 is 0.239 bits per heavy atom. The Bertz CT molecular complexity index is 5420. The lowest BCUT2D eigenvalue weighted by atomic mass is 9.69. The van der Waals surface area contributed by atoms with Crippen LogP contribution in [0, 0.1) is 0 Å². The largest absolute Gasteiger partial charge is 0.248 e. The molecule has 117 heavy (non-hydrogen) atoms. The summed E-state index contributed by atoms with van der Waals surface area (Å²) in [5.74, 6) is 0. The third-order valence-corrected chi connectivity index (χ3v) is 26.4. The zero-order valence-electron chi connectivity index (χ0n) is 70.9. The highest BCUT2D eigenvalue weighted by Gasteiger charge is 2.45. The van der Waals surface area contributed by atoms with Gasteiger partial charge in [-0.15, -0.1) is 0 Å². The van der Waals surface area contributed by atoms with Crippen molar-refractivity contribution in [2.75, 3.05) is 0 Å². The zero-order valence-corrected chi connectivity index (χ0v) is 70.9. The van der Waals surface area contributed by atoms with Crippen molar-refractivity contribution in [3.05, 3.63) is 275 Å². The molecular formula is C112H126N4O. The highest BCUT2D eigenvalue weighted by Crippen LogP contribution is 2.59. The number of pyridine rings is 2. The van der Waals surface area contributed by atoms with Crippen LogP contribution in [0.15, 0.2) is 235 Å². The summed E-state index contributed by atoms with van der Waals surface area (Å²) >= 11 is 0. The number of aromatic nitrogens is 4. The monoisotopic (exact) mass is 1540 g/mol. The number of nitrogens with zero attached hydrogens (tertiary/aromatic N) is 4. The molecule has 0 N–H and O–H groups in total. The predicted octanol–water partition coefficient (Wildman–Crippen LogP) is 33.7. The quantitative estimate of drug-likeness (QED) is 0.0356. The van der Waals surface area contributed by atoms with E-state index in [1.54, 1.807) is 0 Å². The predicted molar refractivity (Wildman–Crippen MR) is 502 cm³/mol. The molecular weight excluding hydrogens is 1420 g/mol. The fourth-order valence-corrected chi connectivity index (χ4v) is 19.9. The van der Waals surface area contributed by atoms with Crippen molar-refractivity contribution < 1.29 is 4.63 Å². The van der Waals surface area contributed by atoms with Gasteiger partial charge in [0.05, 0.1) is 22.4 Å². The molecule has 0 spiro atoms. The maximum Gasteiger partial charge on any atom is 0.143 e. The van der Waals surface area contributed by atoms with Crippen LogP contribution in [0.2, 0.25) is 0 Å². The van der Waals surface area contributed by atoms with Gasteiger partial charge in [-0.2, -0.15) is 0 Å². The second-order valence-electron chi connectivity index (χ2n) is 34.5. The lowest BCUT2D eigenvalue weighted by Crippen LogP contribution is -2.25. The number of hydrogen-bond donors (Lipinski definition) is 0. The number of rotatable bonds is 45. The Morgan fingerprint density at radius 2 is 0.538 bits per heavy atom. The van der Waals surface area contributed by atoms with Crippen LogP contribution in [0.3, 0.4) is 0 Å². The minimum Gasteiger partial charge on any atom is -0.248 e. The molecule has 0 unspecified atom stereocenters. The zero-order chi connectivity index (χ0) is 79.9. The van der Waals surface area contributed by atoms with Gasteiger partial charge in [-0.05, 0) is 209 Å². The summed E-state index contributed by atoms with van der Waals surface area (Å²) in [4.78, 5) is 10.7. The topological polar surface area (TPSA) is 64.7 Å². The molecule has 0 bridgehead atoms. The fraction of sp³-hybridized carbons (Fsp3) is 0.375. The maximum atomic E-state index is 5.70. The molecule has 0 amide bonds. The van der Waals surface area contributed by atoms with Crippen LogP contribution in [0.4, 0.5) is 0 Å². The summed E-state index contributed by atoms with van der Waals surface area (Å²) in [6, 6.07) is 87.6. The van der Waals surface area contributed by atoms with E-state index in [-0.39, 0.29) is 10.8 Å². The van der Waals surface area contributed by atoms with Gasteiger partial charge < -0.3 is 0 Å². The van der Waals surface area contributed by atoms with Crippen molar-refractivity contribution in [3.63, 3.8) is 0 Å². The van der Waals surface area contributed by atoms with Crippen LogP contribution in [-0.2, 0) is 10.8 Å². The second-order valence-corrected chi connectivity index (χ2v) is 34.5. The third-order valence-electron chi connectivity index (χ3n) is 26.4. The van der Waals surface area contributed by atoms with Gasteiger partial charge in [0.25, 0.3) is 0 Å². The number of benzene rings is 10. The van der Waals surface area contributed by atoms with Crippen molar-refractivity contribution in [3.8, 4) is 77.9 Å². The average Bonchev–Trinajstić information content (AvgIpc) is 1.57. The molecule has 5 nitrogen and oxygen atoms in total. The van der Waals surface area contributed by atoms with Crippen molar-refractivity contribution in [2.45, 2.75) is 270 Å². The highest BCUT2D eigenvalue weighted by atomic mass is 16.6. The Morgan fingerprint density at radius 3 is 0.915 bits per heavy atom. The Kier molecular flexibility index (Phi) is 28.6. The molecule has 2 aliphatic carbocycles. The Labute approximate surface area is 700 Å². The molecule has 0 aliphatic heterocycles. The molecule has 3 aromatic heterocycles. The smallest absolute Gasteiger partial charge is 0.143 e. The summed E-state index contributed by atoms with van der Waals surface area (Å²) in [5, 5.41) is 11.6. The van der Waals surface area contributed by atoms with Gasteiger partial charge >= 0.3 is 0 Å². The molecule has 600 valence electrons. The van der Waals surface area contributed by atoms with Gasteiger partial charge in [-0.25, -0.2) is 14.6 Å². The van der Waals surface area contributed by atoms with Gasteiger partial charge in [-0.3, -0.25) is 0 Å². The van der Waals surface area contributed by atoms with Crippen molar-refractivity contribution in [1.82, 2.24) is 20.3 Å². The first-order valence-corrected chi connectivity index (χ1v) is 46.1. The fourth-order valence-electron chi connectivity index (χ4n) is 19.9. The van der Waals surface area contributed by atoms with E-state index in [2.05, 4.69) is 288 Å². The summed E-state index contributed by atoms with van der Waals surface area (Å²) in [7, 11) is 0. The van der Waals surface area contributed by atoms with E-state index in [0.29, 0.717) is 0 Å². The van der Waals surface area contributed by atoms with Crippen LogP contribution in [0.25, 0.3) is 135 Å². The molecule has 0 saturated carbocycles. The van der Waals surface area contributed by atoms with Crippen LogP contribution in [-0.4, -0.2) is 20.3 Å². The Balaban J connectivity index is 0.908. The lowest BCUT2D eigenvalue weighted by molar-refractivity contribution is 0.315. The molecule has 13 aromatic rings. The molecule has 0 radical (unpaired) electrons. The van der Waals surface area contributed by atoms with Gasteiger partial charge in [-0.1, -0.05) is 415 Å². The minimum absolute atomic E-state index is 0.156. The lowest BCUT2D eigenvalue weighted by Gasteiger charge is -2.34. The number of fused-ring (bicyclic) bond motifs is 9. The van der Waals surface area contributed by atoms with E-state index in [1.807, 2.05) is 0 Å². The standard InChI is InChI=1S/C112H126N4O/c1-5-9-13-17-21-25-29-43-73-111(74-44-30-26-22-18-14-10-6-2)103-79-87(83-47-35-33-36-48-83)59-67-97(103)99-69-61-91(81-105(99)111)101-77-89(58-66-94-64-56-86-52-40-42-54-108(86)114-94)102(78-88(101)57-65-93-63-55-85-51-39-41-53-107(85)113-93)92-62-70-100-98-68-60-90(96-72-71-95(84-49-37-34-38-50-84)109-110(96)116-117-115-109)80-104(98)112(106(100)82-92,75-45-31-27-23-19-15-11-7-3)76-46-32-28-24-20-16-12-8-4/h33-42,47-72,77-82H,5-32,43-46,73-76H2,1-4H3/b65-57+,66-58+. The van der Waals surface area contributed by atoms with Crippen molar-refractivity contribution in [2.24, 2.45) is 0 Å². The molecule has 10 aromatic carbocycles. The minimum atomic E-state index is -0.249. The van der Waals surface area contributed by atoms with Gasteiger partial charge in [0.15, 0.2) is 0 Å². The van der Waals surface area contributed by atoms with Crippen LogP contribution >= 0.6 is 0 Å². The summed E-state index contributed by atoms with van der Waals surface area (Å²) in [6.45, 7) is 9.33. The van der Waals surface area contributed by atoms with Gasteiger partial charge in [0.2, 0.25) is 0 Å². The van der Waals surface area contributed by atoms with E-state index in [9.17, 15) is 0 Å². The normalized spacial score (nSPS) is 13.2. The summed E-state index contributed by atoms with van der Waals surface area (Å²) in [6.07, 6.45) is 55.0. The van der Waals surface area contributed by atoms with E-state index in [1.165, 1.54) is 294 Å². The first-order valence-electron chi connectivity index (χ1n) is 46.1. The van der Waals surface area contributed by atoms with Crippen LogP contribution < -0.4 is 0 Å². The van der Waals surface area contributed by atoms with E-state index in [0.717, 1.165) is 92.2 Å². The van der Waals surface area contributed by atoms with Gasteiger partial charge in [0.1, 0.15) is 11.0 Å². The summed E-state index contributed by atoms with van der Waals surface area (Å²) in [5.41, 5.74) is 30.8. The summed E-state index contributed by atoms with van der Waals surface area (Å²) < 4.78 is 5.70. The number of unbranched alkanes of at least 4 members (excludes halogenated alkanes) is 28. The molecule has 15 rings (SSSR count). The number of hydrogen-bond acceptors (Lipinski definition) is 5. The first kappa shape index (κ1) is 82.0. The third kappa shape index (κ3) is 19.4. The molecule has 0 atom stereocenters. The molecule has 3 heterocycles. The van der Waals surface area contributed by atoms with E-state index in [4.69, 9.17) is 19.8 Å². The molecule has 5 heteroatoms. The van der Waals surface area contributed by atoms with Crippen LogP contribution in [0.1, 0.15) is 304 Å². The van der Waals surface area contributed by atoms with Gasteiger partial charge in [0, 0.05) is 32.7 Å². The SMILES string of the molecule is CCCCCCCCCCC1(CCCCCCCCCC)c2cc(-c3ccccc3)ccc2-c2ccc(-c3cc(/C=C/c4ccc5ccccc5n4)c(-c4ccc5c(c4)C(CCCCCCCCCC)(CCCCCCCCCC)c4cc(-c6ccc(-c7ccccc7)c7nonc67)ccc4-5)cc3/C=C/c3ccc4ccccc4n3)cc21. The number of para-hydroxylation sites is 2.